The number of aryl methyl sites for hydroxylation is 1. The average Bonchev–Trinajstić information content (AvgIpc) is 2.48. The van der Waals surface area contributed by atoms with Crippen LogP contribution < -0.4 is 0 Å². The van der Waals surface area contributed by atoms with Gasteiger partial charge in [-0.05, 0) is 26.3 Å². The van der Waals surface area contributed by atoms with Crippen LogP contribution in [0, 0.1) is 6.92 Å². The second kappa shape index (κ2) is 3.60. The third-order valence-electron chi connectivity index (χ3n) is 2.14. The van der Waals surface area contributed by atoms with Crippen LogP contribution in [-0.4, -0.2) is 34.1 Å². The Balaban J connectivity index is 2.86. The van der Waals surface area contributed by atoms with Gasteiger partial charge in [-0.2, -0.15) is 5.10 Å². The fraction of sp³-hybridized carbons (Fsp3) is 0.556. The molecule has 72 valence electrons. The zero-order valence-corrected chi connectivity index (χ0v) is 8.46. The van der Waals surface area contributed by atoms with Crippen LogP contribution in [0.5, 0.6) is 0 Å². The van der Waals surface area contributed by atoms with Crippen molar-refractivity contribution in [2.75, 3.05) is 7.05 Å². The number of rotatable bonds is 2. The van der Waals surface area contributed by atoms with E-state index >= 15 is 0 Å². The molecule has 0 aliphatic rings. The summed E-state index contributed by atoms with van der Waals surface area (Å²) in [7, 11) is 1.78. The number of carbonyl (C=O) groups is 1. The number of nitrogens with zero attached hydrogens (tertiary/aromatic N) is 2. The first-order valence-electron chi connectivity index (χ1n) is 4.31. The lowest BCUT2D eigenvalue weighted by Crippen LogP contribution is -2.33. The molecule has 0 atom stereocenters. The van der Waals surface area contributed by atoms with Crippen LogP contribution in [0.1, 0.15) is 29.9 Å². The molecular formula is C9H15N3O. The molecule has 0 radical (unpaired) electrons. The lowest BCUT2D eigenvalue weighted by molar-refractivity contribution is 0.0748. The molecule has 1 aromatic rings. The van der Waals surface area contributed by atoms with Crippen molar-refractivity contribution >= 4 is 5.91 Å². The van der Waals surface area contributed by atoms with E-state index in [1.54, 1.807) is 18.1 Å². The summed E-state index contributed by atoms with van der Waals surface area (Å²) >= 11 is 0. The summed E-state index contributed by atoms with van der Waals surface area (Å²) < 4.78 is 0. The van der Waals surface area contributed by atoms with Gasteiger partial charge in [0.1, 0.15) is 5.69 Å². The molecule has 0 aromatic carbocycles. The summed E-state index contributed by atoms with van der Waals surface area (Å²) in [6, 6.07) is 0.204. The van der Waals surface area contributed by atoms with E-state index in [1.165, 1.54) is 0 Å². The summed E-state index contributed by atoms with van der Waals surface area (Å²) in [5, 5.41) is 6.51. The first kappa shape index (κ1) is 9.77. The molecule has 4 nitrogen and oxygen atoms in total. The Hall–Kier alpha value is -1.32. The number of hydrogen-bond donors (Lipinski definition) is 1. The van der Waals surface area contributed by atoms with Crippen molar-refractivity contribution in [3.8, 4) is 0 Å². The first-order valence-corrected chi connectivity index (χ1v) is 4.31. The highest BCUT2D eigenvalue weighted by atomic mass is 16.2. The van der Waals surface area contributed by atoms with E-state index < -0.39 is 0 Å². The number of nitrogens with one attached hydrogen (secondary N) is 1. The second-order valence-corrected chi connectivity index (χ2v) is 3.44. The summed E-state index contributed by atoms with van der Waals surface area (Å²) in [6.07, 6.45) is 1.65. The van der Waals surface area contributed by atoms with Crippen LogP contribution >= 0.6 is 0 Å². The van der Waals surface area contributed by atoms with Gasteiger partial charge in [-0.15, -0.1) is 0 Å². The van der Waals surface area contributed by atoms with Crippen LogP contribution in [0.25, 0.3) is 0 Å². The Morgan fingerprint density at radius 3 is 2.62 bits per heavy atom. The highest BCUT2D eigenvalue weighted by molar-refractivity contribution is 5.93. The maximum absolute atomic E-state index is 11.7. The zero-order chi connectivity index (χ0) is 10.0. The molecule has 0 aliphatic heterocycles. The highest BCUT2D eigenvalue weighted by Gasteiger charge is 2.17. The van der Waals surface area contributed by atoms with Crippen molar-refractivity contribution < 1.29 is 4.79 Å². The lowest BCUT2D eigenvalue weighted by Gasteiger charge is -2.20. The summed E-state index contributed by atoms with van der Waals surface area (Å²) in [6.45, 7) is 5.82. The van der Waals surface area contributed by atoms with Crippen molar-refractivity contribution in [3.05, 3.63) is 17.5 Å². The molecule has 0 saturated heterocycles. The largest absolute Gasteiger partial charge is 0.338 e. The molecule has 0 saturated carbocycles. The molecule has 1 amide bonds. The van der Waals surface area contributed by atoms with Crippen molar-refractivity contribution in [1.29, 1.82) is 0 Å². The van der Waals surface area contributed by atoms with E-state index in [9.17, 15) is 4.79 Å². The zero-order valence-electron chi connectivity index (χ0n) is 8.46. The number of hydrogen-bond acceptors (Lipinski definition) is 2. The third kappa shape index (κ3) is 1.88. The van der Waals surface area contributed by atoms with Gasteiger partial charge in [0.25, 0.3) is 5.91 Å². The Bertz CT molecular complexity index is 304. The Kier molecular flexibility index (Phi) is 2.70. The van der Waals surface area contributed by atoms with Crippen molar-refractivity contribution in [3.63, 3.8) is 0 Å². The van der Waals surface area contributed by atoms with Crippen molar-refractivity contribution in [1.82, 2.24) is 15.1 Å². The van der Waals surface area contributed by atoms with Gasteiger partial charge in [-0.3, -0.25) is 9.89 Å². The monoisotopic (exact) mass is 181 g/mol. The molecule has 0 fully saturated rings. The SMILES string of the molecule is Cc1cn[nH]c1C(=O)N(C)C(C)C. The number of aromatic amines is 1. The predicted molar refractivity (Wildman–Crippen MR) is 50.6 cm³/mol. The van der Waals surface area contributed by atoms with Gasteiger partial charge in [0.05, 0.1) is 6.20 Å². The number of amides is 1. The number of H-pyrrole nitrogens is 1. The fourth-order valence-electron chi connectivity index (χ4n) is 0.974. The fourth-order valence-corrected chi connectivity index (χ4v) is 0.974. The van der Waals surface area contributed by atoms with Crippen LogP contribution in [0.15, 0.2) is 6.20 Å². The Morgan fingerprint density at radius 1 is 1.62 bits per heavy atom. The van der Waals surface area contributed by atoms with Gasteiger partial charge in [0.15, 0.2) is 0 Å². The third-order valence-corrected chi connectivity index (χ3v) is 2.14. The Labute approximate surface area is 77.9 Å². The van der Waals surface area contributed by atoms with Crippen LogP contribution in [0.4, 0.5) is 0 Å². The number of carbonyl (C=O) groups excluding carboxylic acids is 1. The van der Waals surface area contributed by atoms with Gasteiger partial charge in [-0.25, -0.2) is 0 Å². The van der Waals surface area contributed by atoms with Crippen molar-refractivity contribution in [2.24, 2.45) is 0 Å². The maximum Gasteiger partial charge on any atom is 0.272 e. The highest BCUT2D eigenvalue weighted by Crippen LogP contribution is 2.07. The van der Waals surface area contributed by atoms with Gasteiger partial charge in [0, 0.05) is 13.1 Å². The minimum Gasteiger partial charge on any atom is -0.338 e. The molecule has 0 bridgehead atoms. The molecule has 0 spiro atoms. The molecule has 0 aliphatic carbocycles. The molecule has 1 rings (SSSR count). The molecular weight excluding hydrogens is 166 g/mol. The topological polar surface area (TPSA) is 49.0 Å². The molecule has 0 unspecified atom stereocenters. The van der Waals surface area contributed by atoms with E-state index in [0.717, 1.165) is 5.56 Å². The van der Waals surface area contributed by atoms with E-state index in [2.05, 4.69) is 10.2 Å². The second-order valence-electron chi connectivity index (χ2n) is 3.44. The molecule has 13 heavy (non-hydrogen) atoms. The van der Waals surface area contributed by atoms with Crippen LogP contribution in [-0.2, 0) is 0 Å². The Morgan fingerprint density at radius 2 is 2.23 bits per heavy atom. The van der Waals surface area contributed by atoms with Gasteiger partial charge >= 0.3 is 0 Å². The minimum atomic E-state index is -0.00926. The van der Waals surface area contributed by atoms with E-state index in [4.69, 9.17) is 0 Å². The predicted octanol–water partition coefficient (Wildman–Crippen LogP) is 1.20. The minimum absolute atomic E-state index is 0.00926. The van der Waals surface area contributed by atoms with E-state index in [0.29, 0.717) is 5.69 Å². The molecule has 1 aromatic heterocycles. The van der Waals surface area contributed by atoms with Gasteiger partial charge < -0.3 is 4.90 Å². The van der Waals surface area contributed by atoms with Crippen LogP contribution in [0.2, 0.25) is 0 Å². The van der Waals surface area contributed by atoms with Crippen molar-refractivity contribution in [2.45, 2.75) is 26.8 Å². The van der Waals surface area contributed by atoms with Gasteiger partial charge in [-0.1, -0.05) is 0 Å². The average molecular weight is 181 g/mol. The van der Waals surface area contributed by atoms with E-state index in [-0.39, 0.29) is 11.9 Å². The number of aromatic nitrogens is 2. The molecule has 1 heterocycles. The standard InChI is InChI=1S/C9H15N3O/c1-6(2)12(4)9(13)8-7(3)5-10-11-8/h5-6H,1-4H3,(H,10,11). The summed E-state index contributed by atoms with van der Waals surface area (Å²) in [4.78, 5) is 13.4. The summed E-state index contributed by atoms with van der Waals surface area (Å²) in [5.41, 5.74) is 1.47. The molecule has 1 N–H and O–H groups in total. The van der Waals surface area contributed by atoms with E-state index in [1.807, 2.05) is 20.8 Å². The van der Waals surface area contributed by atoms with Gasteiger partial charge in [0.2, 0.25) is 0 Å². The first-order chi connectivity index (χ1) is 6.04. The molecule has 4 heteroatoms. The lowest BCUT2D eigenvalue weighted by atomic mass is 10.2. The maximum atomic E-state index is 11.7. The summed E-state index contributed by atoms with van der Waals surface area (Å²) in [5.74, 6) is -0.00926. The smallest absolute Gasteiger partial charge is 0.272 e. The quantitative estimate of drug-likeness (QED) is 0.745. The normalized spacial score (nSPS) is 10.5. The van der Waals surface area contributed by atoms with Crippen LogP contribution in [0.3, 0.4) is 0 Å².